The van der Waals surface area contributed by atoms with E-state index in [1.165, 1.54) is 26.2 Å². The van der Waals surface area contributed by atoms with Gasteiger partial charge in [-0.25, -0.2) is 43.2 Å². The molecule has 9 rings (SSSR count). The number of hydrogen-bond donors (Lipinski definition) is 25. The fourth-order valence-electron chi connectivity index (χ4n) is 8.92. The number of anilines is 14. The quantitative estimate of drug-likeness (QED) is 0.00740. The molecule has 9 aromatic carbocycles. The third-order valence-electron chi connectivity index (χ3n) is 15.6. The van der Waals surface area contributed by atoms with E-state index in [4.69, 9.17) is 104 Å². The Morgan fingerprint density at radius 3 is 0.944 bits per heavy atom. The SMILES string of the molecule is C/C(=C\C(=O)Nc1ccc(N)cc1)C(=O)O.COC(=O)/C=C/C(=O)Nc1ccc(N)cc1.NCCNC(=O)/C=C/C(=O)O.Nc1ccc(CCNC(=O)/C=C/C(=O)O)cc1.Nc1ccc(NC(=O)/C=C(/C(=O)O)c2ccccc2)cc1.Nc1ccc(NC(=O)/C=C(\Cl)C(=O)O)cc1.Nc1ccc(NC(=O)/C=C(\O)C(=O)O)cc1.Nc1ccc(NC(=O)/C=C/C(=O)[O-])cc1.Nc1ccc(OC(=O)/C=C/C(=O)O)cc1.[Na+]. The molecule has 0 heterocycles. The van der Waals surface area contributed by atoms with Crippen LogP contribution in [0, 0.1) is 0 Å². The minimum absolute atomic E-state index is 0. The van der Waals surface area contributed by atoms with Gasteiger partial charge in [0.25, 0.3) is 5.91 Å². The van der Waals surface area contributed by atoms with Gasteiger partial charge in [-0.15, -0.1) is 0 Å². The molecular weight excluding hydrogens is 1910 g/mol. The van der Waals surface area contributed by atoms with Crippen molar-refractivity contribution in [2.24, 2.45) is 5.73 Å². The molecule has 0 aliphatic heterocycles. The number of carboxylic acids is 8. The number of rotatable bonds is 31. The summed E-state index contributed by atoms with van der Waals surface area (Å²) in [4.78, 5) is 194. The van der Waals surface area contributed by atoms with Gasteiger partial charge in [0.1, 0.15) is 10.8 Å². The number of aliphatic carboxylic acids is 8. The second kappa shape index (κ2) is 70.2. The largest absolute Gasteiger partial charge is 1.00 e. The van der Waals surface area contributed by atoms with E-state index in [0.717, 1.165) is 72.4 Å². The maximum Gasteiger partial charge on any atom is 1.00 e. The number of nitrogens with one attached hydrogen (secondary N) is 8. The third kappa shape index (κ3) is 63.0. The molecule has 0 fully saturated rings. The molecule has 0 aliphatic carbocycles. The monoisotopic (exact) mass is 2010 g/mol. The van der Waals surface area contributed by atoms with Crippen molar-refractivity contribution in [3.63, 3.8) is 0 Å². The van der Waals surface area contributed by atoms with Crippen LogP contribution in [0.2, 0.25) is 0 Å². The molecule has 0 saturated heterocycles. The van der Waals surface area contributed by atoms with Crippen molar-refractivity contribution in [2.75, 3.05) is 105 Å². The number of carbonyl (C=O) groups is 18. The molecule has 0 aromatic heterocycles. The minimum atomic E-state index is -1.56. The molecule has 0 aliphatic rings. The molecule has 0 saturated carbocycles. The second-order valence-corrected chi connectivity index (χ2v) is 27.4. The smallest absolute Gasteiger partial charge is 0.545 e. The Hall–Kier alpha value is -19.4. The van der Waals surface area contributed by atoms with E-state index in [9.17, 15) is 96.5 Å². The predicted molar refractivity (Wildman–Crippen MR) is 532 cm³/mol. The van der Waals surface area contributed by atoms with Crippen LogP contribution in [0.5, 0.6) is 5.75 Å². The molecular formula is C96H99ClN17NaO29. The first-order chi connectivity index (χ1) is 67.5. The third-order valence-corrected chi connectivity index (χ3v) is 15.9. The molecule has 0 radical (unpaired) electrons. The molecule has 750 valence electrons. The van der Waals surface area contributed by atoms with Gasteiger partial charge in [-0.05, 0) is 213 Å². The fraction of sp³-hybridized carbons (Fsp3) is 0.0625. The van der Waals surface area contributed by atoms with Crippen molar-refractivity contribution < 1.29 is 171 Å². The van der Waals surface area contributed by atoms with Crippen LogP contribution < -0.4 is 134 Å². The van der Waals surface area contributed by atoms with E-state index >= 15 is 0 Å². The number of aliphatic hydroxyl groups is 1. The first-order valence-electron chi connectivity index (χ1n) is 40.2. The van der Waals surface area contributed by atoms with Gasteiger partial charge in [-0.3, -0.25) is 38.4 Å². The Balaban J connectivity index is 0.00000160. The van der Waals surface area contributed by atoms with Crippen molar-refractivity contribution in [1.29, 1.82) is 0 Å². The number of carbonyl (C=O) groups excluding carboxylic acids is 11. The average Bonchev–Trinajstić information content (AvgIpc) is 0.860. The van der Waals surface area contributed by atoms with Crippen molar-refractivity contribution in [2.45, 2.75) is 13.3 Å². The number of hydrogen-bond acceptors (Lipinski definition) is 31. The van der Waals surface area contributed by atoms with Crippen LogP contribution >= 0.6 is 11.6 Å². The zero-order valence-electron chi connectivity index (χ0n) is 76.5. The van der Waals surface area contributed by atoms with Gasteiger partial charge in [0, 0.05) is 178 Å². The molecule has 48 heteroatoms. The molecule has 0 atom stereocenters. The van der Waals surface area contributed by atoms with Crippen molar-refractivity contribution >= 4 is 204 Å². The molecule has 46 nitrogen and oxygen atoms in total. The molecule has 8 amide bonds. The van der Waals surface area contributed by atoms with Crippen LogP contribution in [0.4, 0.5) is 79.6 Å². The number of aliphatic hydroxyl groups excluding tert-OH is 1. The summed E-state index contributed by atoms with van der Waals surface area (Å²) in [5.74, 6) is -16.3. The number of methoxy groups -OCH3 is 1. The maximum absolute atomic E-state index is 11.9. The van der Waals surface area contributed by atoms with Crippen LogP contribution in [0.3, 0.4) is 0 Å². The van der Waals surface area contributed by atoms with Gasteiger partial charge in [-0.2, -0.15) is 0 Å². The van der Waals surface area contributed by atoms with Gasteiger partial charge in [0.05, 0.1) is 24.7 Å². The first-order valence-corrected chi connectivity index (χ1v) is 40.6. The van der Waals surface area contributed by atoms with Gasteiger partial charge in [-0.1, -0.05) is 54.1 Å². The van der Waals surface area contributed by atoms with E-state index < -0.39 is 118 Å². The number of carboxylic acid groups (broad SMARTS) is 8. The van der Waals surface area contributed by atoms with Crippen molar-refractivity contribution in [3.05, 3.63) is 337 Å². The summed E-state index contributed by atoms with van der Waals surface area (Å²) in [5, 5.41) is 97.3. The Kier molecular flexibility index (Phi) is 60.7. The van der Waals surface area contributed by atoms with Crippen LogP contribution in [0.1, 0.15) is 18.1 Å². The normalized spacial score (nSPS) is 10.4. The predicted octanol–water partition coefficient (Wildman–Crippen LogP) is 3.30. The van der Waals surface area contributed by atoms with E-state index in [-0.39, 0.29) is 40.7 Å². The van der Waals surface area contributed by atoms with Crippen LogP contribution in [0.15, 0.2) is 326 Å². The molecule has 0 unspecified atom stereocenters. The molecule has 0 bridgehead atoms. The number of ether oxygens (including phenoxy) is 2. The van der Waals surface area contributed by atoms with Crippen LogP contribution in [-0.2, 0) is 97.5 Å². The number of esters is 2. The van der Waals surface area contributed by atoms with Gasteiger partial charge >= 0.3 is 83.3 Å². The number of benzene rings is 9. The van der Waals surface area contributed by atoms with Crippen LogP contribution in [0.25, 0.3) is 5.57 Å². The number of amides is 8. The van der Waals surface area contributed by atoms with Crippen molar-refractivity contribution in [1.82, 2.24) is 10.6 Å². The Morgan fingerprint density at radius 1 is 0.326 bits per heavy atom. The zero-order chi connectivity index (χ0) is 107. The Labute approximate surface area is 847 Å². The number of nitrogens with two attached hydrogens (primary N) is 9. The first kappa shape index (κ1) is 125. The number of halogens is 1. The second-order valence-electron chi connectivity index (χ2n) is 27.0. The Bertz CT molecular complexity index is 5840. The minimum Gasteiger partial charge on any atom is -0.545 e. The summed E-state index contributed by atoms with van der Waals surface area (Å²) in [6.45, 7) is 2.49. The maximum atomic E-state index is 11.9. The standard InChI is InChI=1S/C16H14N2O3.C12H14N2O3.2C11H12N2O3.C10H9ClN2O3.C10H10N2O4.C10H10N2O3.C10H9NO4.C6H10N2O3.Na/c17-12-6-8-13(9-7-12)18-15(19)10-14(16(20)21)11-4-2-1-3-5-11;13-10-3-1-9(2-4-10)7-8-14-11(15)5-6-12(16)17;1-16-11(15)7-6-10(14)13-9-4-2-8(12)3-5-9;1-7(11(15)16)6-10(14)13-9-4-2-8(12)3-5-9;11-8(10(15)16)5-9(14)13-7-3-1-6(12)2-4-7;11-6-1-3-7(4-2-6)12-9(14)5-8(13)10(15)16;11-7-1-3-8(4-2-7)12-9(13)5-6-10(14)15;11-7-1-3-8(4-2-7)15-10(14)6-5-9(12)13;7-3-4-8-5(9)1-2-6(10)11;/h1-10H,17H2,(H,18,19)(H,20,21);1-6H,7-8,13H2,(H,14,15)(H,16,17);2-7H,12H2,1H3,(H,13,14);2-6H,12H2,1H3,(H,13,14)(H,15,16);1-5H,12H2,(H,13,14)(H,15,16);1-5,13H,11H2,(H,12,14)(H,15,16);1-6H,11H2,(H,12,13)(H,14,15);1-6H,11H2,(H,12,13);1-2H,3-4,7H2,(H,8,9)(H,10,11);/q;;;;;;;;;+1/p-1/b14-10+;6-5+;2*7-6+;2*8-5-;2*6-5+;2-1+;. The van der Waals surface area contributed by atoms with E-state index in [0.29, 0.717) is 135 Å². The summed E-state index contributed by atoms with van der Waals surface area (Å²) in [6, 6.07) is 60.9. The zero-order valence-corrected chi connectivity index (χ0v) is 79.3. The fourth-order valence-corrected chi connectivity index (χ4v) is 9.02. The van der Waals surface area contributed by atoms with Crippen molar-refractivity contribution in [3.8, 4) is 5.75 Å². The van der Waals surface area contributed by atoms with E-state index in [1.807, 2.05) is 12.1 Å². The summed E-state index contributed by atoms with van der Waals surface area (Å²) < 4.78 is 9.12. The van der Waals surface area contributed by atoms with E-state index in [2.05, 4.69) is 47.3 Å². The summed E-state index contributed by atoms with van der Waals surface area (Å²) in [6.07, 6.45) is 12.9. The molecule has 0 spiro atoms. The van der Waals surface area contributed by atoms with Crippen LogP contribution in [-0.4, -0.2) is 175 Å². The van der Waals surface area contributed by atoms with Gasteiger partial charge < -0.3 is 154 Å². The topological polar surface area (TPSA) is 841 Å². The number of nitrogen functional groups attached to an aromatic ring is 8. The Morgan fingerprint density at radius 2 is 0.625 bits per heavy atom. The summed E-state index contributed by atoms with van der Waals surface area (Å²) in [5.41, 5.74) is 58.3. The molecule has 9 aromatic rings. The molecule has 144 heavy (non-hydrogen) atoms. The summed E-state index contributed by atoms with van der Waals surface area (Å²) >= 11 is 5.28. The van der Waals surface area contributed by atoms with Gasteiger partial charge in [0.15, 0.2) is 0 Å². The van der Waals surface area contributed by atoms with Gasteiger partial charge in [0.2, 0.25) is 47.1 Å². The average molecular weight is 2010 g/mol. The summed E-state index contributed by atoms with van der Waals surface area (Å²) in [7, 11) is 1.24. The van der Waals surface area contributed by atoms with E-state index in [1.54, 1.807) is 200 Å². The molecule has 34 N–H and O–H groups in total.